The molecule has 9 heteroatoms. The zero-order chi connectivity index (χ0) is 20.9. The van der Waals surface area contributed by atoms with Gasteiger partial charge in [-0.2, -0.15) is 0 Å². The van der Waals surface area contributed by atoms with Gasteiger partial charge in [0.2, 0.25) is 0 Å². The quantitative estimate of drug-likeness (QED) is 0.733. The van der Waals surface area contributed by atoms with E-state index in [1.807, 2.05) is 13.0 Å². The SMILES string of the molecule is Cc1c(F)cccc1[C@H](C)Nc1cnc(C(=O)N[C@H](C)/C=C/S(C)(=O)=O)cn1. The van der Waals surface area contributed by atoms with Crippen LogP contribution in [0.1, 0.15) is 41.5 Å². The maximum absolute atomic E-state index is 13.7. The van der Waals surface area contributed by atoms with E-state index in [-0.39, 0.29) is 17.6 Å². The van der Waals surface area contributed by atoms with Crippen molar-refractivity contribution in [3.8, 4) is 0 Å². The van der Waals surface area contributed by atoms with E-state index >= 15 is 0 Å². The monoisotopic (exact) mass is 406 g/mol. The molecule has 2 N–H and O–H groups in total. The molecule has 1 heterocycles. The molecule has 0 unspecified atom stereocenters. The predicted molar refractivity (Wildman–Crippen MR) is 106 cm³/mol. The third-order valence-electron chi connectivity index (χ3n) is 4.00. The summed E-state index contributed by atoms with van der Waals surface area (Å²) in [5.41, 5.74) is 1.46. The number of rotatable bonds is 7. The molecule has 28 heavy (non-hydrogen) atoms. The molecule has 2 atom stereocenters. The number of nitrogens with one attached hydrogen (secondary N) is 2. The van der Waals surface area contributed by atoms with Gasteiger partial charge in [0.25, 0.3) is 5.91 Å². The van der Waals surface area contributed by atoms with Crippen LogP contribution in [-0.2, 0) is 9.84 Å². The Bertz CT molecular complexity index is 975. The van der Waals surface area contributed by atoms with Crippen LogP contribution in [0.4, 0.5) is 10.2 Å². The Labute approximate surface area is 164 Å². The zero-order valence-electron chi connectivity index (χ0n) is 16.1. The number of carbonyl (C=O) groups is 1. The standard InChI is InChI=1S/C19H23FN4O3S/c1-12(8-9-28(4,26)27)23-19(25)17-10-22-18(11-21-17)24-14(3)15-6-5-7-16(20)13(15)2/h5-12,14H,1-4H3,(H,22,24)(H,23,25)/b9-8+/t12-,14+/m1/s1. The summed E-state index contributed by atoms with van der Waals surface area (Å²) in [4.78, 5) is 20.4. The summed E-state index contributed by atoms with van der Waals surface area (Å²) < 4.78 is 35.9. The van der Waals surface area contributed by atoms with Gasteiger partial charge in [0.1, 0.15) is 17.3 Å². The van der Waals surface area contributed by atoms with Crippen molar-refractivity contribution >= 4 is 21.6 Å². The number of aromatic nitrogens is 2. The maximum Gasteiger partial charge on any atom is 0.271 e. The number of sulfone groups is 1. The molecule has 1 aromatic carbocycles. The third-order valence-corrected chi connectivity index (χ3v) is 4.65. The van der Waals surface area contributed by atoms with Gasteiger partial charge in [0, 0.05) is 17.7 Å². The van der Waals surface area contributed by atoms with Crippen LogP contribution in [0.2, 0.25) is 0 Å². The van der Waals surface area contributed by atoms with Crippen LogP contribution >= 0.6 is 0 Å². The molecule has 0 aliphatic rings. The molecule has 150 valence electrons. The number of nitrogens with zero attached hydrogens (tertiary/aromatic N) is 2. The molecule has 0 aliphatic heterocycles. The smallest absolute Gasteiger partial charge is 0.271 e. The lowest BCUT2D eigenvalue weighted by molar-refractivity contribution is 0.0941. The first-order valence-corrected chi connectivity index (χ1v) is 10.5. The molecule has 0 aliphatic carbocycles. The van der Waals surface area contributed by atoms with E-state index in [4.69, 9.17) is 0 Å². The molecule has 7 nitrogen and oxygen atoms in total. The van der Waals surface area contributed by atoms with Gasteiger partial charge >= 0.3 is 0 Å². The highest BCUT2D eigenvalue weighted by Gasteiger charge is 2.14. The average Bonchev–Trinajstić information content (AvgIpc) is 2.62. The Kier molecular flexibility index (Phi) is 6.85. The molecule has 1 amide bonds. The van der Waals surface area contributed by atoms with Gasteiger partial charge in [-0.1, -0.05) is 18.2 Å². The van der Waals surface area contributed by atoms with Crippen molar-refractivity contribution in [3.05, 3.63) is 64.7 Å². The van der Waals surface area contributed by atoms with E-state index in [1.165, 1.54) is 24.5 Å². The highest BCUT2D eigenvalue weighted by Crippen LogP contribution is 2.22. The Morgan fingerprint density at radius 1 is 1.21 bits per heavy atom. The van der Waals surface area contributed by atoms with Gasteiger partial charge in [0.15, 0.2) is 9.84 Å². The van der Waals surface area contributed by atoms with E-state index in [0.29, 0.717) is 11.4 Å². The minimum Gasteiger partial charge on any atom is -0.362 e. The van der Waals surface area contributed by atoms with Crippen molar-refractivity contribution in [1.82, 2.24) is 15.3 Å². The molecular weight excluding hydrogens is 383 g/mol. The second-order valence-electron chi connectivity index (χ2n) is 6.53. The number of hydrogen-bond acceptors (Lipinski definition) is 6. The Morgan fingerprint density at radius 2 is 1.93 bits per heavy atom. The highest BCUT2D eigenvalue weighted by molar-refractivity contribution is 7.93. The van der Waals surface area contributed by atoms with Crippen molar-refractivity contribution in [3.63, 3.8) is 0 Å². The van der Waals surface area contributed by atoms with Crippen molar-refractivity contribution < 1.29 is 17.6 Å². The van der Waals surface area contributed by atoms with Gasteiger partial charge in [-0.3, -0.25) is 4.79 Å². The molecule has 0 radical (unpaired) electrons. The van der Waals surface area contributed by atoms with E-state index < -0.39 is 21.8 Å². The van der Waals surface area contributed by atoms with E-state index in [9.17, 15) is 17.6 Å². The summed E-state index contributed by atoms with van der Waals surface area (Å²) in [6.07, 6.45) is 5.17. The van der Waals surface area contributed by atoms with Gasteiger partial charge < -0.3 is 10.6 Å². The maximum atomic E-state index is 13.7. The summed E-state index contributed by atoms with van der Waals surface area (Å²) in [6.45, 7) is 5.23. The molecule has 2 rings (SSSR count). The predicted octanol–water partition coefficient (Wildman–Crippen LogP) is 2.77. The van der Waals surface area contributed by atoms with Crippen molar-refractivity contribution in [2.75, 3.05) is 11.6 Å². The number of halogens is 1. The largest absolute Gasteiger partial charge is 0.362 e. The summed E-state index contributed by atoms with van der Waals surface area (Å²) in [5, 5.41) is 6.77. The third kappa shape index (κ3) is 6.12. The van der Waals surface area contributed by atoms with E-state index in [2.05, 4.69) is 20.6 Å². The fourth-order valence-electron chi connectivity index (χ4n) is 2.50. The van der Waals surface area contributed by atoms with Crippen LogP contribution in [0.5, 0.6) is 0 Å². The fourth-order valence-corrected chi connectivity index (χ4v) is 3.02. The second kappa shape index (κ2) is 8.92. The molecular formula is C19H23FN4O3S. The Hall–Kier alpha value is -2.81. The number of benzene rings is 1. The summed E-state index contributed by atoms with van der Waals surface area (Å²) in [7, 11) is -3.26. The molecule has 0 saturated carbocycles. The fraction of sp³-hybridized carbons (Fsp3) is 0.316. The first-order chi connectivity index (χ1) is 13.1. The van der Waals surface area contributed by atoms with E-state index in [1.54, 1.807) is 19.9 Å². The van der Waals surface area contributed by atoms with Crippen LogP contribution in [-0.4, -0.2) is 36.6 Å². The van der Waals surface area contributed by atoms with Crippen molar-refractivity contribution in [1.29, 1.82) is 0 Å². The molecule has 0 saturated heterocycles. The van der Waals surface area contributed by atoms with E-state index in [0.717, 1.165) is 17.2 Å². The van der Waals surface area contributed by atoms with Crippen molar-refractivity contribution in [2.24, 2.45) is 0 Å². The summed E-state index contributed by atoms with van der Waals surface area (Å²) in [5.74, 6) is -0.306. The van der Waals surface area contributed by atoms with Gasteiger partial charge in [-0.25, -0.2) is 22.8 Å². The lowest BCUT2D eigenvalue weighted by Gasteiger charge is -2.17. The van der Waals surface area contributed by atoms with Gasteiger partial charge in [-0.05, 0) is 38.0 Å². The average molecular weight is 406 g/mol. The summed E-state index contributed by atoms with van der Waals surface area (Å²) in [6, 6.07) is 4.19. The number of carbonyl (C=O) groups excluding carboxylic acids is 1. The number of hydrogen-bond donors (Lipinski definition) is 2. The Morgan fingerprint density at radius 3 is 2.54 bits per heavy atom. The lowest BCUT2D eigenvalue weighted by Crippen LogP contribution is -2.32. The van der Waals surface area contributed by atoms with Gasteiger partial charge in [0.05, 0.1) is 18.4 Å². The second-order valence-corrected chi connectivity index (χ2v) is 8.46. The topological polar surface area (TPSA) is 101 Å². The first-order valence-electron chi connectivity index (χ1n) is 8.59. The minimum atomic E-state index is -3.26. The number of amides is 1. The van der Waals surface area contributed by atoms with Gasteiger partial charge in [-0.15, -0.1) is 0 Å². The minimum absolute atomic E-state index is 0.0970. The first kappa shape index (κ1) is 21.5. The molecule has 0 fully saturated rings. The Balaban J connectivity index is 2.02. The van der Waals surface area contributed by atoms with Crippen LogP contribution in [0.15, 0.2) is 42.1 Å². The molecule has 2 aromatic rings. The van der Waals surface area contributed by atoms with Crippen LogP contribution in [0.3, 0.4) is 0 Å². The van der Waals surface area contributed by atoms with Crippen LogP contribution in [0.25, 0.3) is 0 Å². The van der Waals surface area contributed by atoms with Crippen LogP contribution < -0.4 is 10.6 Å². The lowest BCUT2D eigenvalue weighted by atomic mass is 10.0. The van der Waals surface area contributed by atoms with Crippen LogP contribution in [0, 0.1) is 12.7 Å². The zero-order valence-corrected chi connectivity index (χ0v) is 16.9. The summed E-state index contributed by atoms with van der Waals surface area (Å²) >= 11 is 0. The molecule has 1 aromatic heterocycles. The number of anilines is 1. The van der Waals surface area contributed by atoms with Crippen molar-refractivity contribution in [2.45, 2.75) is 32.9 Å². The molecule has 0 bridgehead atoms. The molecule has 0 spiro atoms. The normalized spacial score (nSPS) is 13.9. The highest BCUT2D eigenvalue weighted by atomic mass is 32.2.